The Bertz CT molecular complexity index is 618. The lowest BCUT2D eigenvalue weighted by Crippen LogP contribution is -2.18. The van der Waals surface area contributed by atoms with Crippen LogP contribution >= 0.6 is 0 Å². The van der Waals surface area contributed by atoms with E-state index in [1.165, 1.54) is 12.1 Å². The highest BCUT2D eigenvalue weighted by atomic mass is 16.6. The van der Waals surface area contributed by atoms with E-state index in [4.69, 9.17) is 0 Å². The van der Waals surface area contributed by atoms with Gasteiger partial charge in [0.25, 0.3) is 5.69 Å². The molecule has 0 atom stereocenters. The SMILES string of the molecule is CCNc1cc([N+](=O)[O-])cc(N(C)Cc2cccnc2)n1. The molecule has 0 aliphatic rings. The molecule has 110 valence electrons. The van der Waals surface area contributed by atoms with E-state index >= 15 is 0 Å². The maximum atomic E-state index is 11.0. The van der Waals surface area contributed by atoms with E-state index in [0.29, 0.717) is 24.7 Å². The summed E-state index contributed by atoms with van der Waals surface area (Å²) < 4.78 is 0. The molecule has 0 unspecified atom stereocenters. The van der Waals surface area contributed by atoms with Crippen molar-refractivity contribution in [2.24, 2.45) is 0 Å². The Kier molecular flexibility index (Phi) is 4.65. The first-order chi connectivity index (χ1) is 10.1. The number of rotatable bonds is 6. The molecule has 1 N–H and O–H groups in total. The van der Waals surface area contributed by atoms with Crippen molar-refractivity contribution >= 4 is 17.3 Å². The first-order valence-electron chi connectivity index (χ1n) is 6.60. The lowest BCUT2D eigenvalue weighted by Gasteiger charge is -2.18. The van der Waals surface area contributed by atoms with Gasteiger partial charge in [-0.3, -0.25) is 15.1 Å². The van der Waals surface area contributed by atoms with Crippen molar-refractivity contribution in [3.8, 4) is 0 Å². The number of nitro groups is 1. The second kappa shape index (κ2) is 6.65. The third-order valence-corrected chi connectivity index (χ3v) is 2.90. The topological polar surface area (TPSA) is 84.2 Å². The van der Waals surface area contributed by atoms with Crippen LogP contribution in [0, 0.1) is 10.1 Å². The first-order valence-corrected chi connectivity index (χ1v) is 6.60. The van der Waals surface area contributed by atoms with Crippen LogP contribution in [-0.4, -0.2) is 28.5 Å². The number of pyridine rings is 2. The molecule has 2 aromatic rings. The molecule has 0 saturated carbocycles. The Morgan fingerprint density at radius 3 is 2.86 bits per heavy atom. The van der Waals surface area contributed by atoms with Gasteiger partial charge in [0, 0.05) is 32.5 Å². The molecular weight excluding hydrogens is 270 g/mol. The number of aromatic nitrogens is 2. The summed E-state index contributed by atoms with van der Waals surface area (Å²) in [6.45, 7) is 3.15. The van der Waals surface area contributed by atoms with Crippen molar-refractivity contribution in [2.75, 3.05) is 23.8 Å². The maximum absolute atomic E-state index is 11.0. The van der Waals surface area contributed by atoms with E-state index in [1.807, 2.05) is 31.0 Å². The molecule has 0 aliphatic carbocycles. The number of anilines is 2. The summed E-state index contributed by atoms with van der Waals surface area (Å²) in [5.41, 5.74) is 1.03. The molecule has 0 aliphatic heterocycles. The summed E-state index contributed by atoms with van der Waals surface area (Å²) in [4.78, 5) is 20.9. The molecule has 0 bridgehead atoms. The molecular formula is C14H17N5O2. The zero-order valence-corrected chi connectivity index (χ0v) is 12.0. The Morgan fingerprint density at radius 2 is 2.24 bits per heavy atom. The lowest BCUT2D eigenvalue weighted by molar-refractivity contribution is -0.384. The van der Waals surface area contributed by atoms with Crippen LogP contribution in [0.3, 0.4) is 0 Å². The van der Waals surface area contributed by atoms with Crippen LogP contribution in [0.2, 0.25) is 0 Å². The molecule has 0 spiro atoms. The predicted octanol–water partition coefficient (Wildman–Crippen LogP) is 2.45. The number of hydrogen-bond acceptors (Lipinski definition) is 6. The van der Waals surface area contributed by atoms with E-state index in [0.717, 1.165) is 5.56 Å². The van der Waals surface area contributed by atoms with E-state index in [9.17, 15) is 10.1 Å². The molecule has 2 aromatic heterocycles. The predicted molar refractivity (Wildman–Crippen MR) is 81.4 cm³/mol. The Labute approximate surface area is 122 Å². The average Bonchev–Trinajstić information content (AvgIpc) is 2.48. The normalized spacial score (nSPS) is 10.2. The van der Waals surface area contributed by atoms with Crippen LogP contribution in [0.25, 0.3) is 0 Å². The third kappa shape index (κ3) is 3.88. The van der Waals surface area contributed by atoms with E-state index in [2.05, 4.69) is 15.3 Å². The van der Waals surface area contributed by atoms with Crippen molar-refractivity contribution in [1.82, 2.24) is 9.97 Å². The first kappa shape index (κ1) is 14.7. The average molecular weight is 287 g/mol. The van der Waals surface area contributed by atoms with E-state index in [-0.39, 0.29) is 5.69 Å². The zero-order chi connectivity index (χ0) is 15.2. The smallest absolute Gasteiger partial charge is 0.276 e. The molecule has 7 nitrogen and oxygen atoms in total. The van der Waals surface area contributed by atoms with Gasteiger partial charge < -0.3 is 10.2 Å². The van der Waals surface area contributed by atoms with Gasteiger partial charge in [-0.1, -0.05) is 6.07 Å². The Balaban J connectivity index is 2.26. The maximum Gasteiger partial charge on any atom is 0.276 e. The molecule has 0 aromatic carbocycles. The number of hydrogen-bond donors (Lipinski definition) is 1. The van der Waals surface area contributed by atoms with Crippen molar-refractivity contribution < 1.29 is 4.92 Å². The minimum atomic E-state index is -0.413. The molecule has 2 heterocycles. The van der Waals surface area contributed by atoms with Gasteiger partial charge in [-0.15, -0.1) is 0 Å². The molecule has 21 heavy (non-hydrogen) atoms. The van der Waals surface area contributed by atoms with Crippen molar-refractivity contribution in [3.05, 3.63) is 52.3 Å². The fourth-order valence-corrected chi connectivity index (χ4v) is 1.92. The monoisotopic (exact) mass is 287 g/mol. The van der Waals surface area contributed by atoms with Gasteiger partial charge in [0.2, 0.25) is 0 Å². The third-order valence-electron chi connectivity index (χ3n) is 2.90. The molecule has 2 rings (SSSR count). The second-order valence-electron chi connectivity index (χ2n) is 4.57. The second-order valence-corrected chi connectivity index (χ2v) is 4.57. The molecule has 0 radical (unpaired) electrons. The summed E-state index contributed by atoms with van der Waals surface area (Å²) >= 11 is 0. The minimum absolute atomic E-state index is 0.0222. The fourth-order valence-electron chi connectivity index (χ4n) is 1.92. The standard InChI is InChI=1S/C14H17N5O2/c1-3-16-13-7-12(19(20)21)8-14(17-13)18(2)10-11-5-4-6-15-9-11/h4-9H,3,10H2,1-2H3,(H,16,17). The van der Waals surface area contributed by atoms with Crippen molar-refractivity contribution in [1.29, 1.82) is 0 Å². The fraction of sp³-hybridized carbons (Fsp3) is 0.286. The largest absolute Gasteiger partial charge is 0.370 e. The summed E-state index contributed by atoms with van der Waals surface area (Å²) in [7, 11) is 1.84. The number of nitrogens with one attached hydrogen (secondary N) is 1. The van der Waals surface area contributed by atoms with Gasteiger partial charge in [0.15, 0.2) is 0 Å². The van der Waals surface area contributed by atoms with Gasteiger partial charge in [-0.25, -0.2) is 4.98 Å². The van der Waals surface area contributed by atoms with Crippen LogP contribution in [0.1, 0.15) is 12.5 Å². The van der Waals surface area contributed by atoms with E-state index < -0.39 is 4.92 Å². The Hall–Kier alpha value is -2.70. The van der Waals surface area contributed by atoms with Gasteiger partial charge in [0.05, 0.1) is 17.1 Å². The van der Waals surface area contributed by atoms with Crippen LogP contribution < -0.4 is 10.2 Å². The van der Waals surface area contributed by atoms with Crippen LogP contribution in [-0.2, 0) is 6.54 Å². The van der Waals surface area contributed by atoms with Crippen LogP contribution in [0.15, 0.2) is 36.7 Å². The van der Waals surface area contributed by atoms with Gasteiger partial charge in [-0.05, 0) is 18.6 Å². The molecule has 0 saturated heterocycles. The van der Waals surface area contributed by atoms with Gasteiger partial charge in [-0.2, -0.15) is 0 Å². The zero-order valence-electron chi connectivity index (χ0n) is 12.0. The Morgan fingerprint density at radius 1 is 1.43 bits per heavy atom. The van der Waals surface area contributed by atoms with Gasteiger partial charge >= 0.3 is 0 Å². The summed E-state index contributed by atoms with van der Waals surface area (Å²) in [5.74, 6) is 1.05. The molecule has 0 fully saturated rings. The van der Waals surface area contributed by atoms with Crippen molar-refractivity contribution in [3.63, 3.8) is 0 Å². The molecule has 0 amide bonds. The summed E-state index contributed by atoms with van der Waals surface area (Å²) in [6.07, 6.45) is 3.47. The van der Waals surface area contributed by atoms with Crippen LogP contribution in [0.5, 0.6) is 0 Å². The van der Waals surface area contributed by atoms with Crippen molar-refractivity contribution in [2.45, 2.75) is 13.5 Å². The highest BCUT2D eigenvalue weighted by Gasteiger charge is 2.13. The summed E-state index contributed by atoms with van der Waals surface area (Å²) in [5, 5.41) is 14.0. The summed E-state index contributed by atoms with van der Waals surface area (Å²) in [6, 6.07) is 6.71. The quantitative estimate of drug-likeness (QED) is 0.649. The molecule has 7 heteroatoms. The van der Waals surface area contributed by atoms with Gasteiger partial charge in [0.1, 0.15) is 11.6 Å². The minimum Gasteiger partial charge on any atom is -0.370 e. The number of nitrogens with zero attached hydrogens (tertiary/aromatic N) is 4. The van der Waals surface area contributed by atoms with Crippen LogP contribution in [0.4, 0.5) is 17.3 Å². The lowest BCUT2D eigenvalue weighted by atomic mass is 10.2. The highest BCUT2D eigenvalue weighted by molar-refractivity contribution is 5.55. The highest BCUT2D eigenvalue weighted by Crippen LogP contribution is 2.23. The van der Waals surface area contributed by atoms with E-state index in [1.54, 1.807) is 12.4 Å².